The molecule has 21 heavy (non-hydrogen) atoms. The molecule has 0 saturated heterocycles. The zero-order valence-corrected chi connectivity index (χ0v) is 12.1. The van der Waals surface area contributed by atoms with E-state index < -0.39 is 0 Å². The largest absolute Gasteiger partial charge is 0.338 e. The summed E-state index contributed by atoms with van der Waals surface area (Å²) < 4.78 is 20.2. The lowest BCUT2D eigenvalue weighted by Crippen LogP contribution is -1.93. The monoisotopic (exact) mass is 306 g/mol. The summed E-state index contributed by atoms with van der Waals surface area (Å²) >= 11 is 1.38. The number of nitrogens with zero attached hydrogens (tertiary/aromatic N) is 6. The molecule has 0 aliphatic rings. The SMILES string of the molecule is Cc1ccc(-c2noc(CSc3nnnn3C)n2)cc1F. The van der Waals surface area contributed by atoms with Gasteiger partial charge in [-0.2, -0.15) is 4.98 Å². The van der Waals surface area contributed by atoms with Gasteiger partial charge in [-0.15, -0.1) is 5.10 Å². The van der Waals surface area contributed by atoms with E-state index in [4.69, 9.17) is 4.52 Å². The number of thioether (sulfide) groups is 1. The van der Waals surface area contributed by atoms with Crippen molar-refractivity contribution in [2.75, 3.05) is 0 Å². The second kappa shape index (κ2) is 5.60. The van der Waals surface area contributed by atoms with Crippen molar-refractivity contribution in [2.45, 2.75) is 17.8 Å². The van der Waals surface area contributed by atoms with E-state index >= 15 is 0 Å². The zero-order valence-electron chi connectivity index (χ0n) is 11.3. The zero-order chi connectivity index (χ0) is 14.8. The van der Waals surface area contributed by atoms with Crippen molar-refractivity contribution in [1.82, 2.24) is 30.3 Å². The molecule has 1 aromatic carbocycles. The maximum absolute atomic E-state index is 13.5. The van der Waals surface area contributed by atoms with Crippen LogP contribution in [0.3, 0.4) is 0 Å². The van der Waals surface area contributed by atoms with Crippen molar-refractivity contribution in [3.63, 3.8) is 0 Å². The highest BCUT2D eigenvalue weighted by molar-refractivity contribution is 7.98. The van der Waals surface area contributed by atoms with Crippen LogP contribution in [0, 0.1) is 12.7 Å². The summed E-state index contributed by atoms with van der Waals surface area (Å²) in [5.41, 5.74) is 1.16. The minimum absolute atomic E-state index is 0.293. The van der Waals surface area contributed by atoms with E-state index in [-0.39, 0.29) is 5.82 Å². The number of benzene rings is 1. The first-order chi connectivity index (χ1) is 10.1. The van der Waals surface area contributed by atoms with Crippen LogP contribution >= 0.6 is 11.8 Å². The molecule has 0 unspecified atom stereocenters. The summed E-state index contributed by atoms with van der Waals surface area (Å²) in [5, 5.41) is 15.6. The molecule has 9 heteroatoms. The summed E-state index contributed by atoms with van der Waals surface area (Å²) in [4.78, 5) is 4.24. The normalized spacial score (nSPS) is 11.0. The third kappa shape index (κ3) is 2.92. The second-order valence-corrected chi connectivity index (χ2v) is 5.29. The van der Waals surface area contributed by atoms with E-state index in [1.165, 1.54) is 17.8 Å². The van der Waals surface area contributed by atoms with Gasteiger partial charge in [-0.05, 0) is 29.0 Å². The van der Waals surface area contributed by atoms with Gasteiger partial charge in [0.1, 0.15) is 5.82 Å². The number of rotatable bonds is 4. The molecule has 0 radical (unpaired) electrons. The van der Waals surface area contributed by atoms with Crippen molar-refractivity contribution in [3.05, 3.63) is 35.5 Å². The average Bonchev–Trinajstić information content (AvgIpc) is 3.09. The first-order valence-electron chi connectivity index (χ1n) is 6.08. The summed E-state index contributed by atoms with van der Waals surface area (Å²) in [6, 6.07) is 4.83. The predicted octanol–water partition coefficient (Wildman–Crippen LogP) is 2.00. The van der Waals surface area contributed by atoms with E-state index in [9.17, 15) is 4.39 Å². The van der Waals surface area contributed by atoms with E-state index in [1.54, 1.807) is 30.8 Å². The standard InChI is InChI=1S/C12H11FN6OS/c1-7-3-4-8(5-9(7)13)11-14-10(20-16-11)6-21-12-15-17-18-19(12)2/h3-5H,6H2,1-2H3. The Morgan fingerprint density at radius 2 is 2.24 bits per heavy atom. The highest BCUT2D eigenvalue weighted by Crippen LogP contribution is 2.22. The second-order valence-electron chi connectivity index (χ2n) is 4.35. The molecule has 2 heterocycles. The number of aromatic nitrogens is 6. The van der Waals surface area contributed by atoms with E-state index in [0.29, 0.717) is 33.8 Å². The molecule has 2 aromatic heterocycles. The quantitative estimate of drug-likeness (QED) is 0.682. The van der Waals surface area contributed by atoms with Gasteiger partial charge in [0.05, 0.1) is 5.75 Å². The third-order valence-corrected chi connectivity index (χ3v) is 3.80. The maximum Gasteiger partial charge on any atom is 0.237 e. The van der Waals surface area contributed by atoms with Crippen LogP contribution in [0.2, 0.25) is 0 Å². The molecule has 0 atom stereocenters. The summed E-state index contributed by atoms with van der Waals surface area (Å²) in [7, 11) is 1.75. The van der Waals surface area contributed by atoms with Gasteiger partial charge in [-0.1, -0.05) is 29.1 Å². The van der Waals surface area contributed by atoms with Crippen molar-refractivity contribution in [1.29, 1.82) is 0 Å². The number of tetrazole rings is 1. The molecule has 108 valence electrons. The Labute approximate surface area is 123 Å². The van der Waals surface area contributed by atoms with Crippen molar-refractivity contribution >= 4 is 11.8 Å². The van der Waals surface area contributed by atoms with Crippen LogP contribution in [0.4, 0.5) is 4.39 Å². The van der Waals surface area contributed by atoms with E-state index in [2.05, 4.69) is 25.7 Å². The minimum Gasteiger partial charge on any atom is -0.338 e. The Bertz CT molecular complexity index is 771. The number of halogens is 1. The first-order valence-corrected chi connectivity index (χ1v) is 7.06. The summed E-state index contributed by atoms with van der Waals surface area (Å²) in [6.45, 7) is 1.70. The van der Waals surface area contributed by atoms with Gasteiger partial charge in [0.2, 0.25) is 16.9 Å². The van der Waals surface area contributed by atoms with Crippen molar-refractivity contribution < 1.29 is 8.91 Å². The van der Waals surface area contributed by atoms with Gasteiger partial charge in [0, 0.05) is 12.6 Å². The third-order valence-electron chi connectivity index (χ3n) is 2.80. The molecule has 0 saturated carbocycles. The number of hydrogen-bond acceptors (Lipinski definition) is 7. The lowest BCUT2D eigenvalue weighted by atomic mass is 10.1. The van der Waals surface area contributed by atoms with Crippen LogP contribution in [0.5, 0.6) is 0 Å². The van der Waals surface area contributed by atoms with Crippen LogP contribution < -0.4 is 0 Å². The number of hydrogen-bond donors (Lipinski definition) is 0. The number of aryl methyl sites for hydroxylation is 2. The molecule has 0 aliphatic heterocycles. The topological polar surface area (TPSA) is 82.5 Å². The van der Waals surface area contributed by atoms with E-state index in [1.807, 2.05) is 0 Å². The molecule has 0 spiro atoms. The van der Waals surface area contributed by atoms with Gasteiger partial charge in [0.15, 0.2) is 0 Å². The Morgan fingerprint density at radius 3 is 2.95 bits per heavy atom. The highest BCUT2D eigenvalue weighted by Gasteiger charge is 2.12. The van der Waals surface area contributed by atoms with Crippen molar-refractivity contribution in [2.24, 2.45) is 7.05 Å². The molecular formula is C12H11FN6OS. The van der Waals surface area contributed by atoms with Gasteiger partial charge >= 0.3 is 0 Å². The Balaban J connectivity index is 1.74. The van der Waals surface area contributed by atoms with Crippen LogP contribution in [0.25, 0.3) is 11.4 Å². The summed E-state index contributed by atoms with van der Waals surface area (Å²) in [5.74, 6) is 0.938. The van der Waals surface area contributed by atoms with Gasteiger partial charge < -0.3 is 4.52 Å². The minimum atomic E-state index is -0.293. The lowest BCUT2D eigenvalue weighted by molar-refractivity contribution is 0.391. The summed E-state index contributed by atoms with van der Waals surface area (Å²) in [6.07, 6.45) is 0. The van der Waals surface area contributed by atoms with Gasteiger partial charge in [-0.3, -0.25) is 0 Å². The Hall–Kier alpha value is -2.29. The molecule has 0 N–H and O–H groups in total. The molecule has 3 aromatic rings. The smallest absolute Gasteiger partial charge is 0.237 e. The fraction of sp³-hybridized carbons (Fsp3) is 0.250. The Morgan fingerprint density at radius 1 is 1.38 bits per heavy atom. The lowest BCUT2D eigenvalue weighted by Gasteiger charge is -1.97. The molecule has 0 amide bonds. The maximum atomic E-state index is 13.5. The predicted molar refractivity (Wildman–Crippen MR) is 72.8 cm³/mol. The molecule has 7 nitrogen and oxygen atoms in total. The molecular weight excluding hydrogens is 295 g/mol. The highest BCUT2D eigenvalue weighted by atomic mass is 32.2. The molecule has 3 rings (SSSR count). The average molecular weight is 306 g/mol. The fourth-order valence-electron chi connectivity index (χ4n) is 1.63. The van der Waals surface area contributed by atoms with Crippen LogP contribution in [-0.2, 0) is 12.8 Å². The molecule has 0 bridgehead atoms. The van der Waals surface area contributed by atoms with Gasteiger partial charge in [0.25, 0.3) is 0 Å². The van der Waals surface area contributed by atoms with E-state index in [0.717, 1.165) is 0 Å². The Kier molecular flexibility index (Phi) is 3.65. The first kappa shape index (κ1) is 13.7. The fourth-order valence-corrected chi connectivity index (χ4v) is 2.32. The van der Waals surface area contributed by atoms with Gasteiger partial charge in [-0.25, -0.2) is 9.07 Å². The van der Waals surface area contributed by atoms with Crippen LogP contribution in [0.15, 0.2) is 27.9 Å². The molecule has 0 fully saturated rings. The molecule has 0 aliphatic carbocycles. The van der Waals surface area contributed by atoms with Crippen molar-refractivity contribution in [3.8, 4) is 11.4 Å². The van der Waals surface area contributed by atoms with Crippen LogP contribution in [0.1, 0.15) is 11.5 Å². The van der Waals surface area contributed by atoms with Crippen LogP contribution in [-0.4, -0.2) is 30.3 Å².